The van der Waals surface area contributed by atoms with Crippen molar-refractivity contribution >= 4 is 50.5 Å². The smallest absolute Gasteiger partial charge is 0.262 e. The van der Waals surface area contributed by atoms with Crippen LogP contribution >= 0.6 is 23.2 Å². The van der Waals surface area contributed by atoms with Crippen LogP contribution in [0.5, 0.6) is 17.2 Å². The summed E-state index contributed by atoms with van der Waals surface area (Å²) in [6.45, 7) is 0. The maximum absolute atomic E-state index is 13.0. The SMILES string of the molecule is COc1ccc(NS(=O)(=O)c2ccc(OC)c(NC(=O)c3ccc(Cl)cc3Cl)c2)c(OC)c1. The highest BCUT2D eigenvalue weighted by Crippen LogP contribution is 2.33. The van der Waals surface area contributed by atoms with Crippen molar-refractivity contribution in [1.82, 2.24) is 0 Å². The summed E-state index contributed by atoms with van der Waals surface area (Å²) in [5, 5.41) is 3.15. The summed E-state index contributed by atoms with van der Waals surface area (Å²) in [6.07, 6.45) is 0. The van der Waals surface area contributed by atoms with Gasteiger partial charge in [-0.25, -0.2) is 8.42 Å². The summed E-state index contributed by atoms with van der Waals surface area (Å²) in [5.41, 5.74) is 0.517. The van der Waals surface area contributed by atoms with Crippen LogP contribution in [0.25, 0.3) is 0 Å². The van der Waals surface area contributed by atoms with Crippen LogP contribution in [0.1, 0.15) is 10.4 Å². The molecule has 0 saturated carbocycles. The van der Waals surface area contributed by atoms with Gasteiger partial charge in [0.15, 0.2) is 0 Å². The van der Waals surface area contributed by atoms with Gasteiger partial charge in [0.25, 0.3) is 15.9 Å². The highest BCUT2D eigenvalue weighted by molar-refractivity contribution is 7.92. The topological polar surface area (TPSA) is 103 Å². The molecule has 3 rings (SSSR count). The second-order valence-corrected chi connectivity index (χ2v) is 9.14. The van der Waals surface area contributed by atoms with Crippen molar-refractivity contribution < 1.29 is 27.4 Å². The van der Waals surface area contributed by atoms with Crippen LogP contribution in [0, 0.1) is 0 Å². The van der Waals surface area contributed by atoms with E-state index in [9.17, 15) is 13.2 Å². The number of nitrogens with one attached hydrogen (secondary N) is 2. The minimum atomic E-state index is -4.05. The fraction of sp³-hybridized carbons (Fsp3) is 0.136. The normalized spacial score (nSPS) is 10.9. The Hall–Kier alpha value is -3.14. The van der Waals surface area contributed by atoms with Crippen LogP contribution in [0.4, 0.5) is 11.4 Å². The first-order valence-electron chi connectivity index (χ1n) is 9.37. The lowest BCUT2D eigenvalue weighted by Crippen LogP contribution is -2.16. The zero-order valence-electron chi connectivity index (χ0n) is 17.8. The number of carbonyl (C=O) groups excluding carboxylic acids is 1. The van der Waals surface area contributed by atoms with Crippen LogP contribution < -0.4 is 24.2 Å². The third-order valence-corrected chi connectivity index (χ3v) is 6.47. The average molecular weight is 511 g/mol. The van der Waals surface area contributed by atoms with E-state index < -0.39 is 15.9 Å². The quantitative estimate of drug-likeness (QED) is 0.438. The molecule has 0 bridgehead atoms. The Morgan fingerprint density at radius 2 is 1.55 bits per heavy atom. The molecule has 0 aliphatic carbocycles. The number of carbonyl (C=O) groups is 1. The Morgan fingerprint density at radius 1 is 0.818 bits per heavy atom. The molecular weight excluding hydrogens is 491 g/mol. The van der Waals surface area contributed by atoms with E-state index in [4.69, 9.17) is 37.4 Å². The van der Waals surface area contributed by atoms with E-state index in [0.717, 1.165) is 0 Å². The van der Waals surface area contributed by atoms with Crippen molar-refractivity contribution in [3.05, 3.63) is 70.2 Å². The molecule has 0 spiro atoms. The molecule has 33 heavy (non-hydrogen) atoms. The molecule has 0 heterocycles. The van der Waals surface area contributed by atoms with E-state index in [1.165, 1.54) is 63.8 Å². The van der Waals surface area contributed by atoms with E-state index >= 15 is 0 Å². The molecule has 0 atom stereocenters. The van der Waals surface area contributed by atoms with E-state index in [1.54, 1.807) is 12.1 Å². The first-order valence-corrected chi connectivity index (χ1v) is 11.6. The second kappa shape index (κ2) is 10.2. The molecule has 1 amide bonds. The predicted molar refractivity (Wildman–Crippen MR) is 128 cm³/mol. The van der Waals surface area contributed by atoms with Gasteiger partial charge >= 0.3 is 0 Å². The first kappa shape index (κ1) is 24.5. The molecule has 0 radical (unpaired) electrons. The summed E-state index contributed by atoms with van der Waals surface area (Å²) in [7, 11) is 0.251. The number of amides is 1. The molecule has 0 saturated heterocycles. The molecular formula is C22H20Cl2N2O6S. The van der Waals surface area contributed by atoms with Crippen molar-refractivity contribution in [3.63, 3.8) is 0 Å². The highest BCUT2D eigenvalue weighted by atomic mass is 35.5. The van der Waals surface area contributed by atoms with Crippen LogP contribution in [0.3, 0.4) is 0 Å². The Kier molecular flexibility index (Phi) is 7.57. The third kappa shape index (κ3) is 5.62. The fourth-order valence-electron chi connectivity index (χ4n) is 2.90. The van der Waals surface area contributed by atoms with Gasteiger partial charge in [-0.15, -0.1) is 0 Å². The monoisotopic (exact) mass is 510 g/mol. The zero-order chi connectivity index (χ0) is 24.2. The number of sulfonamides is 1. The number of rotatable bonds is 8. The Balaban J connectivity index is 1.93. The summed E-state index contributed by atoms with van der Waals surface area (Å²) in [5.74, 6) is 0.478. The van der Waals surface area contributed by atoms with Gasteiger partial charge in [-0.1, -0.05) is 23.2 Å². The van der Waals surface area contributed by atoms with Gasteiger partial charge in [-0.2, -0.15) is 0 Å². The lowest BCUT2D eigenvalue weighted by atomic mass is 10.2. The number of benzene rings is 3. The lowest BCUT2D eigenvalue weighted by Gasteiger charge is -2.15. The van der Waals surface area contributed by atoms with Crippen molar-refractivity contribution in [2.24, 2.45) is 0 Å². The van der Waals surface area contributed by atoms with E-state index in [0.29, 0.717) is 10.8 Å². The van der Waals surface area contributed by atoms with Gasteiger partial charge in [-0.05, 0) is 48.5 Å². The van der Waals surface area contributed by atoms with Crippen molar-refractivity contribution in [2.75, 3.05) is 31.4 Å². The molecule has 2 N–H and O–H groups in total. The Bertz CT molecular complexity index is 1300. The fourth-order valence-corrected chi connectivity index (χ4v) is 4.49. The molecule has 0 aliphatic rings. The van der Waals surface area contributed by atoms with Gasteiger partial charge in [0.1, 0.15) is 17.2 Å². The molecule has 11 heteroatoms. The van der Waals surface area contributed by atoms with Gasteiger partial charge < -0.3 is 19.5 Å². The minimum absolute atomic E-state index is 0.112. The summed E-state index contributed by atoms with van der Waals surface area (Å²) in [6, 6.07) is 13.1. The maximum atomic E-state index is 13.0. The number of halogens is 2. The Labute approximate surface area is 201 Å². The van der Waals surface area contributed by atoms with Gasteiger partial charge in [0.2, 0.25) is 0 Å². The molecule has 0 aromatic heterocycles. The van der Waals surface area contributed by atoms with E-state index in [2.05, 4.69) is 10.0 Å². The number of hydrogen-bond donors (Lipinski definition) is 2. The molecule has 8 nitrogen and oxygen atoms in total. The van der Waals surface area contributed by atoms with Crippen molar-refractivity contribution in [2.45, 2.75) is 4.90 Å². The molecule has 0 unspecified atom stereocenters. The molecule has 3 aromatic rings. The maximum Gasteiger partial charge on any atom is 0.262 e. The van der Waals surface area contributed by atoms with Crippen molar-refractivity contribution in [3.8, 4) is 17.2 Å². The minimum Gasteiger partial charge on any atom is -0.497 e. The molecule has 3 aromatic carbocycles. The number of anilines is 2. The highest BCUT2D eigenvalue weighted by Gasteiger charge is 2.21. The van der Waals surface area contributed by atoms with E-state index in [1.807, 2.05) is 0 Å². The second-order valence-electron chi connectivity index (χ2n) is 6.61. The van der Waals surface area contributed by atoms with Crippen LogP contribution in [-0.4, -0.2) is 35.7 Å². The van der Waals surface area contributed by atoms with Crippen LogP contribution in [0.15, 0.2) is 59.5 Å². The van der Waals surface area contributed by atoms with Crippen molar-refractivity contribution in [1.29, 1.82) is 0 Å². The van der Waals surface area contributed by atoms with Crippen LogP contribution in [0.2, 0.25) is 10.0 Å². The molecule has 0 aliphatic heterocycles. The molecule has 174 valence electrons. The average Bonchev–Trinajstić information content (AvgIpc) is 2.78. The largest absolute Gasteiger partial charge is 0.497 e. The third-order valence-electron chi connectivity index (χ3n) is 4.56. The Morgan fingerprint density at radius 3 is 2.18 bits per heavy atom. The van der Waals surface area contributed by atoms with E-state index in [-0.39, 0.29) is 38.4 Å². The van der Waals surface area contributed by atoms with Crippen LogP contribution in [-0.2, 0) is 10.0 Å². The number of hydrogen-bond acceptors (Lipinski definition) is 6. The van der Waals surface area contributed by atoms with Gasteiger partial charge in [-0.3, -0.25) is 9.52 Å². The summed E-state index contributed by atoms with van der Waals surface area (Å²) in [4.78, 5) is 12.6. The number of ether oxygens (including phenoxy) is 3. The standard InChI is InChI=1S/C22H20Cl2N2O6S/c1-30-14-5-8-18(21(11-14)32-3)26-33(28,29)15-6-9-20(31-2)19(12-15)25-22(27)16-7-4-13(23)10-17(16)24/h4-12,26H,1-3H3,(H,25,27). The van der Waals surface area contributed by atoms with Gasteiger partial charge in [0, 0.05) is 11.1 Å². The zero-order valence-corrected chi connectivity index (χ0v) is 20.1. The molecule has 0 fully saturated rings. The number of methoxy groups -OCH3 is 3. The summed E-state index contributed by atoms with van der Waals surface area (Å²) >= 11 is 12.0. The first-order chi connectivity index (χ1) is 15.7. The summed E-state index contributed by atoms with van der Waals surface area (Å²) < 4.78 is 44.2. The lowest BCUT2D eigenvalue weighted by molar-refractivity contribution is 0.102. The van der Waals surface area contributed by atoms with Gasteiger partial charge in [0.05, 0.1) is 48.2 Å². The predicted octanol–water partition coefficient (Wildman–Crippen LogP) is 5.07.